The van der Waals surface area contributed by atoms with Crippen LogP contribution in [-0.4, -0.2) is 0 Å². The largest absolute Gasteiger partial charge is 0.206 e. The second kappa shape index (κ2) is 14.2. The Hall–Kier alpha value is -3.81. The Morgan fingerprint density at radius 1 is 0.526 bits per heavy atom. The second-order valence-electron chi connectivity index (χ2n) is 10.0. The predicted molar refractivity (Wildman–Crippen MR) is 160 cm³/mol. The van der Waals surface area contributed by atoms with Crippen molar-refractivity contribution in [3.63, 3.8) is 0 Å². The van der Waals surface area contributed by atoms with Crippen LogP contribution >= 0.6 is 0 Å². The number of benzene rings is 4. The van der Waals surface area contributed by atoms with Crippen LogP contribution in [0.1, 0.15) is 92.2 Å². The van der Waals surface area contributed by atoms with Crippen molar-refractivity contribution in [2.45, 2.75) is 71.6 Å². The Balaban J connectivity index is 1.38. The highest BCUT2D eigenvalue weighted by molar-refractivity contribution is 5.85. The Kier molecular flexibility index (Phi) is 10.2. The lowest BCUT2D eigenvalue weighted by atomic mass is 10.00. The van der Waals surface area contributed by atoms with E-state index < -0.39 is 0 Å². The molecule has 38 heavy (non-hydrogen) atoms. The molecule has 0 heterocycles. The number of aryl methyl sites for hydroxylation is 2. The summed E-state index contributed by atoms with van der Waals surface area (Å²) in [5.41, 5.74) is 6.01. The third kappa shape index (κ3) is 7.84. The molecule has 0 N–H and O–H groups in total. The van der Waals surface area contributed by atoms with E-state index >= 15 is 0 Å². The maximum atomic E-state index is 15.0. The van der Waals surface area contributed by atoms with Gasteiger partial charge in [0.05, 0.1) is 0 Å². The molecule has 4 rings (SSSR count). The van der Waals surface area contributed by atoms with Gasteiger partial charge in [0.25, 0.3) is 0 Å². The minimum Gasteiger partial charge on any atom is -0.206 e. The van der Waals surface area contributed by atoms with Crippen molar-refractivity contribution in [3.8, 4) is 23.7 Å². The molecule has 0 aliphatic carbocycles. The first-order valence-corrected chi connectivity index (χ1v) is 14.1. The average molecular weight is 501 g/mol. The van der Waals surface area contributed by atoms with Gasteiger partial charge in [0.2, 0.25) is 0 Å². The highest BCUT2D eigenvalue weighted by Crippen LogP contribution is 2.24. The van der Waals surface area contributed by atoms with Crippen molar-refractivity contribution < 1.29 is 4.39 Å². The van der Waals surface area contributed by atoms with Gasteiger partial charge in [0, 0.05) is 27.6 Å². The van der Waals surface area contributed by atoms with Crippen molar-refractivity contribution in [2.24, 2.45) is 0 Å². The highest BCUT2D eigenvalue weighted by atomic mass is 19.1. The topological polar surface area (TPSA) is 0 Å². The van der Waals surface area contributed by atoms with Gasteiger partial charge in [0.1, 0.15) is 5.82 Å². The van der Waals surface area contributed by atoms with E-state index in [1.807, 2.05) is 54.6 Å². The van der Waals surface area contributed by atoms with Gasteiger partial charge in [-0.2, -0.15) is 0 Å². The van der Waals surface area contributed by atoms with Gasteiger partial charge in [-0.05, 0) is 90.7 Å². The van der Waals surface area contributed by atoms with Crippen molar-refractivity contribution in [1.82, 2.24) is 0 Å². The van der Waals surface area contributed by atoms with Crippen molar-refractivity contribution in [2.75, 3.05) is 0 Å². The first kappa shape index (κ1) is 27.2. The molecule has 0 radical (unpaired) electrons. The van der Waals surface area contributed by atoms with E-state index in [4.69, 9.17) is 0 Å². The molecule has 0 fully saturated rings. The van der Waals surface area contributed by atoms with Crippen molar-refractivity contribution in [3.05, 3.63) is 118 Å². The monoisotopic (exact) mass is 500 g/mol. The summed E-state index contributed by atoms with van der Waals surface area (Å²) in [6.45, 7) is 4.42. The summed E-state index contributed by atoms with van der Waals surface area (Å²) in [4.78, 5) is 0. The zero-order valence-corrected chi connectivity index (χ0v) is 22.7. The maximum Gasteiger partial charge on any atom is 0.134 e. The predicted octanol–water partition coefficient (Wildman–Crippen LogP) is 9.63. The van der Waals surface area contributed by atoms with Crippen LogP contribution in [0, 0.1) is 29.5 Å². The summed E-state index contributed by atoms with van der Waals surface area (Å²) in [7, 11) is 0. The standard InChI is InChI=1S/C37H37F/c1-3-5-7-9-11-34-25-26-35-28-33(24-27-36(35)37(34)38)23-22-32-20-18-31(19-21-32)17-16-30-14-12-29(13-15-30)10-8-6-4-2/h12-15,18-21,24-28H,3-11H2,1-2H3. The molecule has 4 aromatic carbocycles. The molecule has 0 nitrogen and oxygen atoms in total. The minimum atomic E-state index is -0.0851. The molecule has 1 heteroatoms. The van der Waals surface area contributed by atoms with Crippen LogP contribution in [0.25, 0.3) is 10.8 Å². The van der Waals surface area contributed by atoms with E-state index in [2.05, 4.69) is 61.8 Å². The van der Waals surface area contributed by atoms with Gasteiger partial charge < -0.3 is 0 Å². The lowest BCUT2D eigenvalue weighted by molar-refractivity contribution is 0.603. The fraction of sp³-hybridized carbons (Fsp3) is 0.297. The van der Waals surface area contributed by atoms with Crippen LogP contribution in [0.3, 0.4) is 0 Å². The molecule has 0 saturated heterocycles. The summed E-state index contributed by atoms with van der Waals surface area (Å²) in [6, 6.07) is 26.3. The number of fused-ring (bicyclic) bond motifs is 1. The smallest absolute Gasteiger partial charge is 0.134 e. The lowest BCUT2D eigenvalue weighted by Gasteiger charge is -2.07. The SMILES string of the molecule is CCCCCCc1ccc2cc(C#Cc3ccc(C#Cc4ccc(CCCCC)cc4)cc3)ccc2c1F. The molecule has 0 unspecified atom stereocenters. The third-order valence-corrected chi connectivity index (χ3v) is 6.94. The van der Waals surface area contributed by atoms with E-state index in [0.29, 0.717) is 5.39 Å². The molecule has 0 saturated carbocycles. The Morgan fingerprint density at radius 3 is 1.68 bits per heavy atom. The lowest BCUT2D eigenvalue weighted by Crippen LogP contribution is -1.93. The summed E-state index contributed by atoms with van der Waals surface area (Å²) in [6.07, 6.45) is 10.3. The van der Waals surface area contributed by atoms with Gasteiger partial charge in [-0.15, -0.1) is 0 Å². The van der Waals surface area contributed by atoms with Crippen LogP contribution in [0.15, 0.2) is 78.9 Å². The first-order valence-electron chi connectivity index (χ1n) is 14.1. The van der Waals surface area contributed by atoms with Gasteiger partial charge in [-0.3, -0.25) is 0 Å². The van der Waals surface area contributed by atoms with Crippen LogP contribution in [0.4, 0.5) is 4.39 Å². The summed E-state index contributed by atoms with van der Waals surface area (Å²) < 4.78 is 15.0. The minimum absolute atomic E-state index is 0.0851. The van der Waals surface area contributed by atoms with Crippen LogP contribution < -0.4 is 0 Å². The van der Waals surface area contributed by atoms with Crippen LogP contribution in [0.2, 0.25) is 0 Å². The van der Waals surface area contributed by atoms with Crippen LogP contribution in [-0.2, 0) is 12.8 Å². The molecule has 4 aromatic rings. The zero-order chi connectivity index (χ0) is 26.6. The number of halogens is 1. The molecule has 0 amide bonds. The van der Waals surface area contributed by atoms with Gasteiger partial charge in [-0.25, -0.2) is 4.39 Å². The van der Waals surface area contributed by atoms with Gasteiger partial charge >= 0.3 is 0 Å². The number of hydrogen-bond donors (Lipinski definition) is 0. The van der Waals surface area contributed by atoms with E-state index in [1.54, 1.807) is 0 Å². The highest BCUT2D eigenvalue weighted by Gasteiger charge is 2.07. The Labute approximate surface area is 228 Å². The van der Waals surface area contributed by atoms with Crippen LogP contribution in [0.5, 0.6) is 0 Å². The number of rotatable bonds is 9. The van der Waals surface area contributed by atoms with E-state index in [0.717, 1.165) is 58.9 Å². The fourth-order valence-electron chi connectivity index (χ4n) is 4.61. The van der Waals surface area contributed by atoms with E-state index in [9.17, 15) is 4.39 Å². The zero-order valence-electron chi connectivity index (χ0n) is 22.7. The average Bonchev–Trinajstić information content (AvgIpc) is 2.95. The van der Waals surface area contributed by atoms with Crippen molar-refractivity contribution >= 4 is 10.8 Å². The first-order chi connectivity index (χ1) is 18.7. The Morgan fingerprint density at radius 2 is 1.05 bits per heavy atom. The maximum absolute atomic E-state index is 15.0. The molecule has 0 aliphatic rings. The van der Waals surface area contributed by atoms with Gasteiger partial charge in [0.15, 0.2) is 0 Å². The normalized spacial score (nSPS) is 10.5. The molecule has 0 atom stereocenters. The third-order valence-electron chi connectivity index (χ3n) is 6.94. The molecule has 0 bridgehead atoms. The molecular formula is C37H37F. The number of hydrogen-bond acceptors (Lipinski definition) is 0. The van der Waals surface area contributed by atoms with Gasteiger partial charge in [-0.1, -0.05) is 100.0 Å². The molecule has 0 spiro atoms. The van der Waals surface area contributed by atoms with Crippen molar-refractivity contribution in [1.29, 1.82) is 0 Å². The van der Waals surface area contributed by atoms with E-state index in [-0.39, 0.29) is 5.82 Å². The molecular weight excluding hydrogens is 463 g/mol. The molecule has 0 aromatic heterocycles. The van der Waals surface area contributed by atoms with E-state index in [1.165, 1.54) is 37.7 Å². The fourth-order valence-corrected chi connectivity index (χ4v) is 4.61. The summed E-state index contributed by atoms with van der Waals surface area (Å²) >= 11 is 0. The quantitative estimate of drug-likeness (QED) is 0.158. The number of unbranched alkanes of at least 4 members (excludes halogenated alkanes) is 5. The molecule has 0 aliphatic heterocycles. The Bertz CT molecular complexity index is 1450. The summed E-state index contributed by atoms with van der Waals surface area (Å²) in [5, 5.41) is 1.57. The molecule has 192 valence electrons. The second-order valence-corrected chi connectivity index (χ2v) is 10.0. The summed E-state index contributed by atoms with van der Waals surface area (Å²) in [5.74, 6) is 12.9.